The van der Waals surface area contributed by atoms with Crippen molar-refractivity contribution in [2.75, 3.05) is 18.4 Å². The highest BCUT2D eigenvalue weighted by Gasteiger charge is 2.17. The minimum Gasteiger partial charge on any atom is -0.360 e. The Hall–Kier alpha value is -2.25. The van der Waals surface area contributed by atoms with Crippen LogP contribution in [-0.4, -0.2) is 34.1 Å². The second-order valence-corrected chi connectivity index (χ2v) is 6.50. The molecular weight excluding hydrogens is 348 g/mol. The standard InChI is InChI=1S/C17H16ClF2N5/c18-12-8-23-17(24-9-2-1-3-21-6-9)25-16(12)11-7-22-15-5-14(20)13(19)4-10(11)15/h4-5,7-9,21-22H,1-3,6H2,(H,23,24,25). The second kappa shape index (κ2) is 6.57. The van der Waals surface area contributed by atoms with Crippen LogP contribution >= 0.6 is 11.6 Å². The average molecular weight is 364 g/mol. The second-order valence-electron chi connectivity index (χ2n) is 6.09. The van der Waals surface area contributed by atoms with E-state index in [1.54, 1.807) is 6.20 Å². The van der Waals surface area contributed by atoms with Crippen molar-refractivity contribution in [1.82, 2.24) is 20.3 Å². The van der Waals surface area contributed by atoms with Crippen LogP contribution < -0.4 is 10.6 Å². The lowest BCUT2D eigenvalue weighted by Gasteiger charge is -2.23. The van der Waals surface area contributed by atoms with Gasteiger partial charge in [0.25, 0.3) is 0 Å². The van der Waals surface area contributed by atoms with Gasteiger partial charge in [-0.15, -0.1) is 0 Å². The van der Waals surface area contributed by atoms with Crippen LogP contribution in [0, 0.1) is 11.6 Å². The fourth-order valence-electron chi connectivity index (χ4n) is 3.10. The molecule has 25 heavy (non-hydrogen) atoms. The summed E-state index contributed by atoms with van der Waals surface area (Å²) in [6.45, 7) is 1.86. The minimum absolute atomic E-state index is 0.247. The van der Waals surface area contributed by atoms with Gasteiger partial charge < -0.3 is 15.6 Å². The van der Waals surface area contributed by atoms with Gasteiger partial charge in [-0.2, -0.15) is 0 Å². The normalized spacial score (nSPS) is 17.8. The third-order valence-corrected chi connectivity index (χ3v) is 4.63. The molecule has 1 unspecified atom stereocenters. The number of halogens is 3. The van der Waals surface area contributed by atoms with Crippen molar-refractivity contribution in [1.29, 1.82) is 0 Å². The van der Waals surface area contributed by atoms with E-state index in [1.807, 2.05) is 0 Å². The molecule has 130 valence electrons. The maximum atomic E-state index is 13.6. The SMILES string of the molecule is Fc1cc2[nH]cc(-c3nc(NC4CCCNC4)ncc3Cl)c2cc1F. The van der Waals surface area contributed by atoms with Crippen LogP contribution in [0.5, 0.6) is 0 Å². The molecule has 1 atom stereocenters. The molecule has 8 heteroatoms. The van der Waals surface area contributed by atoms with Gasteiger partial charge >= 0.3 is 0 Å². The fourth-order valence-corrected chi connectivity index (χ4v) is 3.29. The number of rotatable bonds is 3. The molecule has 1 aliphatic rings. The summed E-state index contributed by atoms with van der Waals surface area (Å²) in [6.07, 6.45) is 5.28. The van der Waals surface area contributed by atoms with Crippen molar-refractivity contribution >= 4 is 28.5 Å². The first-order chi connectivity index (χ1) is 12.1. The summed E-state index contributed by atoms with van der Waals surface area (Å²) < 4.78 is 27.0. The molecule has 0 bridgehead atoms. The zero-order valence-corrected chi connectivity index (χ0v) is 14.0. The van der Waals surface area contributed by atoms with Crippen LogP contribution in [0.4, 0.5) is 14.7 Å². The van der Waals surface area contributed by atoms with Crippen molar-refractivity contribution in [2.24, 2.45) is 0 Å². The number of fused-ring (bicyclic) bond motifs is 1. The monoisotopic (exact) mass is 363 g/mol. The van der Waals surface area contributed by atoms with Gasteiger partial charge in [-0.3, -0.25) is 0 Å². The maximum absolute atomic E-state index is 13.6. The van der Waals surface area contributed by atoms with Crippen LogP contribution in [0.1, 0.15) is 12.8 Å². The highest BCUT2D eigenvalue weighted by atomic mass is 35.5. The Bertz CT molecular complexity index is 921. The zero-order valence-electron chi connectivity index (χ0n) is 13.2. The summed E-state index contributed by atoms with van der Waals surface area (Å²) in [6, 6.07) is 2.51. The van der Waals surface area contributed by atoms with Gasteiger partial charge in [0, 0.05) is 41.3 Å². The van der Waals surface area contributed by atoms with Gasteiger partial charge in [-0.05, 0) is 25.5 Å². The number of benzene rings is 1. The van der Waals surface area contributed by atoms with Crippen LogP contribution in [-0.2, 0) is 0 Å². The molecule has 0 saturated carbocycles. The van der Waals surface area contributed by atoms with E-state index in [0.29, 0.717) is 33.1 Å². The van der Waals surface area contributed by atoms with E-state index in [1.165, 1.54) is 6.20 Å². The molecular formula is C17H16ClF2N5. The number of piperidine rings is 1. The molecule has 0 radical (unpaired) electrons. The van der Waals surface area contributed by atoms with Gasteiger partial charge in [0.2, 0.25) is 5.95 Å². The van der Waals surface area contributed by atoms with E-state index in [0.717, 1.165) is 38.1 Å². The molecule has 0 aliphatic carbocycles. The van der Waals surface area contributed by atoms with Gasteiger partial charge in [0.1, 0.15) is 0 Å². The predicted molar refractivity (Wildman–Crippen MR) is 93.8 cm³/mol. The molecule has 3 aromatic rings. The molecule has 3 N–H and O–H groups in total. The first-order valence-corrected chi connectivity index (χ1v) is 8.46. The number of hydrogen-bond acceptors (Lipinski definition) is 4. The van der Waals surface area contributed by atoms with Crippen LogP contribution in [0.25, 0.3) is 22.2 Å². The van der Waals surface area contributed by atoms with Gasteiger partial charge in [0.15, 0.2) is 11.6 Å². The number of hydrogen-bond donors (Lipinski definition) is 3. The van der Waals surface area contributed by atoms with Crippen LogP contribution in [0.15, 0.2) is 24.5 Å². The Balaban J connectivity index is 1.72. The summed E-state index contributed by atoms with van der Waals surface area (Å²) in [7, 11) is 0. The number of nitrogens with one attached hydrogen (secondary N) is 3. The smallest absolute Gasteiger partial charge is 0.223 e. The maximum Gasteiger partial charge on any atom is 0.223 e. The molecule has 3 heterocycles. The minimum atomic E-state index is -0.912. The van der Waals surface area contributed by atoms with E-state index in [9.17, 15) is 8.78 Å². The van der Waals surface area contributed by atoms with Gasteiger partial charge in [0.05, 0.1) is 16.9 Å². The Labute approximate surface area is 147 Å². The molecule has 5 nitrogen and oxygen atoms in total. The van der Waals surface area contributed by atoms with E-state index in [2.05, 4.69) is 25.6 Å². The average Bonchev–Trinajstić information content (AvgIpc) is 3.00. The van der Waals surface area contributed by atoms with Crippen molar-refractivity contribution in [3.05, 3.63) is 41.2 Å². The summed E-state index contributed by atoms with van der Waals surface area (Å²) in [4.78, 5) is 11.6. The third-order valence-electron chi connectivity index (χ3n) is 4.35. The van der Waals surface area contributed by atoms with Crippen molar-refractivity contribution in [3.8, 4) is 11.3 Å². The Morgan fingerprint density at radius 2 is 2.08 bits per heavy atom. The summed E-state index contributed by atoms with van der Waals surface area (Å²) in [5.74, 6) is -1.35. The molecule has 4 rings (SSSR count). The van der Waals surface area contributed by atoms with Crippen molar-refractivity contribution in [2.45, 2.75) is 18.9 Å². The van der Waals surface area contributed by atoms with Gasteiger partial charge in [-0.1, -0.05) is 11.6 Å². The summed E-state index contributed by atoms with van der Waals surface area (Å²) in [5.41, 5.74) is 1.56. The highest BCUT2D eigenvalue weighted by Crippen LogP contribution is 2.33. The Kier molecular flexibility index (Phi) is 4.27. The number of aromatic nitrogens is 3. The predicted octanol–water partition coefficient (Wildman–Crippen LogP) is 3.72. The van der Waals surface area contributed by atoms with Crippen molar-refractivity contribution < 1.29 is 8.78 Å². The van der Waals surface area contributed by atoms with E-state index in [-0.39, 0.29) is 6.04 Å². The zero-order chi connectivity index (χ0) is 17.4. The Morgan fingerprint density at radius 1 is 1.24 bits per heavy atom. The molecule has 0 amide bonds. The molecule has 0 spiro atoms. The largest absolute Gasteiger partial charge is 0.360 e. The fraction of sp³-hybridized carbons (Fsp3) is 0.294. The molecule has 2 aromatic heterocycles. The topological polar surface area (TPSA) is 65.6 Å². The molecule has 1 saturated heterocycles. The summed E-state index contributed by atoms with van der Waals surface area (Å²) in [5, 5.41) is 7.47. The third kappa shape index (κ3) is 3.17. The number of nitrogens with zero attached hydrogens (tertiary/aromatic N) is 2. The lowest BCUT2D eigenvalue weighted by molar-refractivity contribution is 0.478. The van der Waals surface area contributed by atoms with Crippen LogP contribution in [0.3, 0.4) is 0 Å². The van der Waals surface area contributed by atoms with E-state index < -0.39 is 11.6 Å². The quantitative estimate of drug-likeness (QED) is 0.663. The van der Waals surface area contributed by atoms with E-state index in [4.69, 9.17) is 11.6 Å². The van der Waals surface area contributed by atoms with Crippen molar-refractivity contribution in [3.63, 3.8) is 0 Å². The summed E-state index contributed by atoms with van der Waals surface area (Å²) >= 11 is 6.26. The molecule has 1 aromatic carbocycles. The van der Waals surface area contributed by atoms with Crippen LogP contribution in [0.2, 0.25) is 5.02 Å². The molecule has 1 fully saturated rings. The molecule has 1 aliphatic heterocycles. The lowest BCUT2D eigenvalue weighted by Crippen LogP contribution is -2.38. The number of H-pyrrole nitrogens is 1. The number of aromatic amines is 1. The Morgan fingerprint density at radius 3 is 2.88 bits per heavy atom. The first-order valence-electron chi connectivity index (χ1n) is 8.08. The van der Waals surface area contributed by atoms with E-state index >= 15 is 0 Å². The first kappa shape index (κ1) is 16.2. The number of anilines is 1. The lowest BCUT2D eigenvalue weighted by atomic mass is 10.1. The van der Waals surface area contributed by atoms with Gasteiger partial charge in [-0.25, -0.2) is 18.7 Å². The highest BCUT2D eigenvalue weighted by molar-refractivity contribution is 6.33.